The van der Waals surface area contributed by atoms with E-state index < -0.39 is 21.8 Å². The van der Waals surface area contributed by atoms with Crippen LogP contribution in [0.4, 0.5) is 0 Å². The van der Waals surface area contributed by atoms with Gasteiger partial charge in [0, 0.05) is 25.2 Å². The van der Waals surface area contributed by atoms with Crippen molar-refractivity contribution in [3.8, 4) is 5.75 Å². The Hall–Kier alpha value is -2.91. The molecular formula is C20H25N3O5S. The molecule has 0 heterocycles. The van der Waals surface area contributed by atoms with Crippen LogP contribution in [0.2, 0.25) is 0 Å². The second kappa shape index (κ2) is 9.53. The zero-order valence-electron chi connectivity index (χ0n) is 16.6. The summed E-state index contributed by atoms with van der Waals surface area (Å²) in [5, 5.41) is 2.71. The van der Waals surface area contributed by atoms with Gasteiger partial charge in [-0.3, -0.25) is 9.59 Å². The molecule has 0 aliphatic heterocycles. The number of carbonyl (C=O) groups excluding carboxylic acids is 2. The molecule has 8 nitrogen and oxygen atoms in total. The van der Waals surface area contributed by atoms with Crippen LogP contribution in [-0.4, -0.2) is 44.7 Å². The Kier molecular flexibility index (Phi) is 7.35. The lowest BCUT2D eigenvalue weighted by Gasteiger charge is -2.19. The first-order chi connectivity index (χ1) is 13.7. The summed E-state index contributed by atoms with van der Waals surface area (Å²) in [5.74, 6) is -0.802. The normalized spacial score (nSPS) is 11.3. The van der Waals surface area contributed by atoms with Gasteiger partial charge in [-0.05, 0) is 35.9 Å². The number of methoxy groups -OCH3 is 1. The van der Waals surface area contributed by atoms with Crippen molar-refractivity contribution >= 4 is 21.8 Å². The van der Waals surface area contributed by atoms with Crippen LogP contribution in [0.5, 0.6) is 5.75 Å². The molecule has 0 saturated heterocycles. The number of ether oxygens (including phenoxy) is 1. The number of nitrogens with one attached hydrogen (secondary N) is 1. The maximum absolute atomic E-state index is 12.8. The quantitative estimate of drug-likeness (QED) is 0.642. The monoisotopic (exact) mass is 419 g/mol. The second-order valence-corrected chi connectivity index (χ2v) is 8.14. The summed E-state index contributed by atoms with van der Waals surface area (Å²) in [7, 11) is -2.31. The highest BCUT2D eigenvalue weighted by molar-refractivity contribution is 7.89. The number of sulfonamides is 1. The molecule has 0 aromatic heterocycles. The fourth-order valence-electron chi connectivity index (χ4n) is 2.85. The molecule has 0 saturated carbocycles. The van der Waals surface area contributed by atoms with Crippen LogP contribution >= 0.6 is 0 Å². The van der Waals surface area contributed by atoms with Gasteiger partial charge in [-0.25, -0.2) is 8.42 Å². The standard InChI is InChI=1S/C20H25N3O5S/c1-4-23(5-2)29(26,27)16-9-10-18(28-3)17(12-16)20(25)22-13-14-7-6-8-15(11-14)19(21)24/h6-12H,4-5,13H2,1-3H3,(H2,21,24)(H,22,25). The van der Waals surface area contributed by atoms with E-state index in [0.29, 0.717) is 24.2 Å². The van der Waals surface area contributed by atoms with E-state index in [1.807, 2.05) is 0 Å². The number of primary amides is 1. The second-order valence-electron chi connectivity index (χ2n) is 6.20. The van der Waals surface area contributed by atoms with Crippen molar-refractivity contribution in [3.05, 3.63) is 59.2 Å². The van der Waals surface area contributed by atoms with Crippen LogP contribution in [0, 0.1) is 0 Å². The summed E-state index contributed by atoms with van der Waals surface area (Å²) in [6, 6.07) is 10.8. The Morgan fingerprint density at radius 3 is 2.38 bits per heavy atom. The maximum Gasteiger partial charge on any atom is 0.255 e. The minimum Gasteiger partial charge on any atom is -0.496 e. The van der Waals surface area contributed by atoms with Crippen molar-refractivity contribution in [1.29, 1.82) is 0 Å². The predicted octanol–water partition coefficient (Wildman–Crippen LogP) is 1.75. The minimum atomic E-state index is -3.72. The molecule has 29 heavy (non-hydrogen) atoms. The predicted molar refractivity (Wildman–Crippen MR) is 109 cm³/mol. The smallest absolute Gasteiger partial charge is 0.255 e. The molecule has 0 radical (unpaired) electrons. The van der Waals surface area contributed by atoms with E-state index in [-0.39, 0.29) is 22.8 Å². The SMILES string of the molecule is CCN(CC)S(=O)(=O)c1ccc(OC)c(C(=O)NCc2cccc(C(N)=O)c2)c1. The van der Waals surface area contributed by atoms with Crippen molar-refractivity contribution in [2.45, 2.75) is 25.3 Å². The van der Waals surface area contributed by atoms with Crippen molar-refractivity contribution in [2.24, 2.45) is 5.73 Å². The number of benzene rings is 2. The molecule has 0 unspecified atom stereocenters. The Bertz CT molecular complexity index is 1000. The summed E-state index contributed by atoms with van der Waals surface area (Å²) < 4.78 is 32.0. The minimum absolute atomic E-state index is 0.0166. The summed E-state index contributed by atoms with van der Waals surface area (Å²) in [4.78, 5) is 24.0. The van der Waals surface area contributed by atoms with Gasteiger partial charge in [0.2, 0.25) is 15.9 Å². The number of hydrogen-bond donors (Lipinski definition) is 2. The van der Waals surface area contributed by atoms with Crippen molar-refractivity contribution in [1.82, 2.24) is 9.62 Å². The van der Waals surface area contributed by atoms with Gasteiger partial charge in [0.1, 0.15) is 5.75 Å². The number of amides is 2. The summed E-state index contributed by atoms with van der Waals surface area (Å²) in [6.07, 6.45) is 0. The zero-order chi connectivity index (χ0) is 21.6. The number of carbonyl (C=O) groups is 2. The van der Waals surface area contributed by atoms with Gasteiger partial charge in [-0.1, -0.05) is 26.0 Å². The van der Waals surface area contributed by atoms with Crippen molar-refractivity contribution in [2.75, 3.05) is 20.2 Å². The topological polar surface area (TPSA) is 119 Å². The first kappa shape index (κ1) is 22.4. The number of hydrogen-bond acceptors (Lipinski definition) is 5. The third kappa shape index (κ3) is 5.12. The molecule has 9 heteroatoms. The lowest BCUT2D eigenvalue weighted by Crippen LogP contribution is -2.31. The molecule has 2 aromatic rings. The lowest BCUT2D eigenvalue weighted by molar-refractivity contribution is 0.0947. The highest BCUT2D eigenvalue weighted by Gasteiger charge is 2.24. The zero-order valence-corrected chi connectivity index (χ0v) is 17.5. The Morgan fingerprint density at radius 1 is 1.10 bits per heavy atom. The van der Waals surface area contributed by atoms with Crippen LogP contribution in [0.15, 0.2) is 47.4 Å². The third-order valence-corrected chi connectivity index (χ3v) is 6.47. The lowest BCUT2D eigenvalue weighted by atomic mass is 10.1. The maximum atomic E-state index is 12.8. The molecule has 0 atom stereocenters. The molecule has 0 fully saturated rings. The van der Waals surface area contributed by atoms with Crippen LogP contribution in [0.3, 0.4) is 0 Å². The highest BCUT2D eigenvalue weighted by Crippen LogP contribution is 2.24. The van der Waals surface area contributed by atoms with E-state index in [4.69, 9.17) is 10.5 Å². The van der Waals surface area contributed by atoms with E-state index in [2.05, 4.69) is 5.32 Å². The molecule has 2 amide bonds. The fourth-order valence-corrected chi connectivity index (χ4v) is 4.33. The van der Waals surface area contributed by atoms with Crippen LogP contribution < -0.4 is 15.8 Å². The summed E-state index contributed by atoms with van der Waals surface area (Å²) in [6.45, 7) is 4.28. The molecule has 3 N–H and O–H groups in total. The molecular weight excluding hydrogens is 394 g/mol. The van der Waals surface area contributed by atoms with Crippen molar-refractivity contribution in [3.63, 3.8) is 0 Å². The van der Waals surface area contributed by atoms with E-state index in [0.717, 1.165) is 0 Å². The first-order valence-corrected chi connectivity index (χ1v) is 10.5. The average molecular weight is 420 g/mol. The molecule has 156 valence electrons. The molecule has 0 spiro atoms. The first-order valence-electron chi connectivity index (χ1n) is 9.09. The third-order valence-electron chi connectivity index (χ3n) is 4.42. The van der Waals surface area contributed by atoms with Gasteiger partial charge in [0.15, 0.2) is 0 Å². The Morgan fingerprint density at radius 2 is 1.79 bits per heavy atom. The van der Waals surface area contributed by atoms with Gasteiger partial charge >= 0.3 is 0 Å². The number of rotatable bonds is 9. The van der Waals surface area contributed by atoms with Gasteiger partial charge in [0.25, 0.3) is 5.91 Å². The van der Waals surface area contributed by atoms with Crippen molar-refractivity contribution < 1.29 is 22.7 Å². The Balaban J connectivity index is 2.29. The summed E-state index contributed by atoms with van der Waals surface area (Å²) in [5.41, 5.74) is 6.39. The molecule has 2 rings (SSSR count). The van der Waals surface area contributed by atoms with E-state index >= 15 is 0 Å². The Labute approximate surface area is 170 Å². The van der Waals surface area contributed by atoms with Gasteiger partial charge < -0.3 is 15.8 Å². The largest absolute Gasteiger partial charge is 0.496 e. The van der Waals surface area contributed by atoms with Crippen LogP contribution in [0.1, 0.15) is 40.1 Å². The van der Waals surface area contributed by atoms with Gasteiger partial charge in [-0.15, -0.1) is 0 Å². The van der Waals surface area contributed by atoms with E-state index in [9.17, 15) is 18.0 Å². The fraction of sp³-hybridized carbons (Fsp3) is 0.300. The molecule has 2 aromatic carbocycles. The summed E-state index contributed by atoms with van der Waals surface area (Å²) >= 11 is 0. The average Bonchev–Trinajstić information content (AvgIpc) is 2.72. The van der Waals surface area contributed by atoms with E-state index in [1.165, 1.54) is 29.6 Å². The van der Waals surface area contributed by atoms with Gasteiger partial charge in [0.05, 0.1) is 17.6 Å². The number of nitrogens with zero attached hydrogens (tertiary/aromatic N) is 1. The van der Waals surface area contributed by atoms with Gasteiger partial charge in [-0.2, -0.15) is 4.31 Å². The van der Waals surface area contributed by atoms with E-state index in [1.54, 1.807) is 38.1 Å². The van der Waals surface area contributed by atoms with Crippen LogP contribution in [-0.2, 0) is 16.6 Å². The van der Waals surface area contributed by atoms with Crippen LogP contribution in [0.25, 0.3) is 0 Å². The molecule has 0 bridgehead atoms. The number of nitrogens with two attached hydrogens (primary N) is 1. The highest BCUT2D eigenvalue weighted by atomic mass is 32.2. The molecule has 0 aliphatic carbocycles. The molecule has 0 aliphatic rings.